The fourth-order valence-corrected chi connectivity index (χ4v) is 10.3. The molecular formula is C32H34FN3O4S2. The van der Waals surface area contributed by atoms with Gasteiger partial charge in [0.15, 0.2) is 5.60 Å². The zero-order chi connectivity index (χ0) is 29.6. The zero-order valence-corrected chi connectivity index (χ0v) is 25.6. The van der Waals surface area contributed by atoms with Crippen LogP contribution in [0.4, 0.5) is 4.39 Å². The van der Waals surface area contributed by atoms with Crippen LogP contribution in [0.25, 0.3) is 11.8 Å². The quantitative estimate of drug-likeness (QED) is 0.280. The van der Waals surface area contributed by atoms with Crippen molar-refractivity contribution in [3.63, 3.8) is 0 Å². The van der Waals surface area contributed by atoms with Crippen molar-refractivity contribution in [3.05, 3.63) is 69.2 Å². The summed E-state index contributed by atoms with van der Waals surface area (Å²) < 4.78 is 21.6. The number of fused-ring (bicyclic) bond motifs is 6. The molecule has 0 saturated heterocycles. The first-order chi connectivity index (χ1) is 20.0. The normalized spacial score (nSPS) is 35.0. The molecule has 1 aromatic carbocycles. The number of hydrogen-bond acceptors (Lipinski definition) is 7. The molecule has 220 valence electrons. The highest BCUT2D eigenvalue weighted by atomic mass is 32.1. The molecule has 0 aliphatic heterocycles. The third kappa shape index (κ3) is 3.80. The van der Waals surface area contributed by atoms with Gasteiger partial charge in [0.25, 0.3) is 0 Å². The number of aryl methyl sites for hydroxylation is 1. The van der Waals surface area contributed by atoms with Crippen molar-refractivity contribution >= 4 is 41.1 Å². The van der Waals surface area contributed by atoms with Gasteiger partial charge in [0.2, 0.25) is 5.12 Å². The Morgan fingerprint density at radius 3 is 2.67 bits per heavy atom. The van der Waals surface area contributed by atoms with E-state index in [1.165, 1.54) is 29.0 Å². The molecule has 7 atom stereocenters. The molecule has 10 heteroatoms. The van der Waals surface area contributed by atoms with Crippen LogP contribution in [0.15, 0.2) is 41.5 Å². The summed E-state index contributed by atoms with van der Waals surface area (Å²) in [5, 5.41) is 16.2. The Labute approximate surface area is 253 Å². The summed E-state index contributed by atoms with van der Waals surface area (Å²) in [6.45, 7) is 6.03. The summed E-state index contributed by atoms with van der Waals surface area (Å²) in [5.41, 5.74) is 3.96. The Morgan fingerprint density at radius 1 is 1.21 bits per heavy atom. The lowest BCUT2D eigenvalue weighted by Gasteiger charge is -2.60. The maximum Gasteiger partial charge on any atom is 0.351 e. The van der Waals surface area contributed by atoms with Crippen LogP contribution in [0.3, 0.4) is 0 Å². The third-order valence-electron chi connectivity index (χ3n) is 11.2. The number of rotatable bonds is 4. The van der Waals surface area contributed by atoms with E-state index in [-0.39, 0.29) is 29.0 Å². The lowest BCUT2D eigenvalue weighted by Crippen LogP contribution is -2.62. The van der Waals surface area contributed by atoms with E-state index in [1.807, 2.05) is 17.8 Å². The summed E-state index contributed by atoms with van der Waals surface area (Å²) in [4.78, 5) is 31.2. The van der Waals surface area contributed by atoms with Gasteiger partial charge < -0.3 is 9.84 Å². The molecule has 4 aliphatic carbocycles. The largest absolute Gasteiger partial charge is 0.445 e. The van der Waals surface area contributed by atoms with Crippen molar-refractivity contribution in [2.75, 3.05) is 0 Å². The van der Waals surface area contributed by atoms with E-state index in [2.05, 4.69) is 35.7 Å². The molecule has 0 amide bonds. The maximum absolute atomic E-state index is 13.6. The van der Waals surface area contributed by atoms with Crippen molar-refractivity contribution in [3.8, 4) is 5.69 Å². The van der Waals surface area contributed by atoms with Crippen molar-refractivity contribution < 1.29 is 23.8 Å². The SMILES string of the molecule is Cc1ncsc1C(=O)O[C@]1(C(=O)S)CC[C@H]2[C@@H]3CCC4=Cc5c(cnn5-c5ccc(F)cc5)C[C@]4(C)[C@H]3[C@@H](O)C[C@@]21C. The van der Waals surface area contributed by atoms with Crippen molar-refractivity contribution in [1.82, 2.24) is 14.8 Å². The number of benzene rings is 1. The first kappa shape index (κ1) is 28.0. The molecule has 0 radical (unpaired) electrons. The molecule has 2 heterocycles. The second-order valence-electron chi connectivity index (χ2n) is 13.1. The number of aromatic nitrogens is 3. The standard InChI is InChI=1S/C32H34FN3O4S2/c1-17-27(42-16-34-17)28(38)40-32(29(39)41)11-10-23-22-9-4-19-12-24-18(15-35-36(24)21-7-5-20(33)6-8-21)13-30(19,2)26(22)25(37)14-31(23,32)3/h5-8,12,15-16,22-23,25-26,37H,4,9-11,13-14H2,1-3H3,(H,39,41)/t22-,23-,25-,26+,30-,31-,32-/m0/s1. The summed E-state index contributed by atoms with van der Waals surface area (Å²) in [5.74, 6) is -0.587. The number of halogens is 1. The first-order valence-electron chi connectivity index (χ1n) is 14.6. The second-order valence-corrected chi connectivity index (χ2v) is 14.3. The van der Waals surface area contributed by atoms with Gasteiger partial charge in [0, 0.05) is 5.41 Å². The van der Waals surface area contributed by atoms with Crippen LogP contribution in [0.5, 0.6) is 0 Å². The predicted molar refractivity (Wildman–Crippen MR) is 160 cm³/mol. The van der Waals surface area contributed by atoms with E-state index in [0.717, 1.165) is 42.6 Å². The minimum atomic E-state index is -1.41. The van der Waals surface area contributed by atoms with Gasteiger partial charge in [-0.2, -0.15) is 5.10 Å². The number of esters is 1. The maximum atomic E-state index is 13.6. The smallest absolute Gasteiger partial charge is 0.351 e. The van der Waals surface area contributed by atoms with E-state index in [1.54, 1.807) is 24.6 Å². The van der Waals surface area contributed by atoms with Gasteiger partial charge in [0.05, 0.1) is 34.9 Å². The summed E-state index contributed by atoms with van der Waals surface area (Å²) in [7, 11) is 0. The zero-order valence-electron chi connectivity index (χ0n) is 23.8. The van der Waals surface area contributed by atoms with Crippen LogP contribution in [0, 0.1) is 41.3 Å². The highest BCUT2D eigenvalue weighted by Gasteiger charge is 2.70. The van der Waals surface area contributed by atoms with Gasteiger partial charge in [-0.3, -0.25) is 4.79 Å². The highest BCUT2D eigenvalue weighted by molar-refractivity contribution is 7.96. The minimum Gasteiger partial charge on any atom is -0.445 e. The molecule has 3 fully saturated rings. The number of thiol groups is 1. The van der Waals surface area contributed by atoms with Crippen molar-refractivity contribution in [2.24, 2.45) is 28.6 Å². The van der Waals surface area contributed by atoms with Gasteiger partial charge in [-0.15, -0.1) is 24.0 Å². The van der Waals surface area contributed by atoms with Gasteiger partial charge in [0.1, 0.15) is 10.7 Å². The van der Waals surface area contributed by atoms with Gasteiger partial charge >= 0.3 is 5.97 Å². The third-order valence-corrected chi connectivity index (χ3v) is 12.4. The van der Waals surface area contributed by atoms with E-state index < -0.39 is 28.2 Å². The number of aliphatic hydroxyl groups is 1. The van der Waals surface area contributed by atoms with Crippen LogP contribution < -0.4 is 0 Å². The topological polar surface area (TPSA) is 94.3 Å². The summed E-state index contributed by atoms with van der Waals surface area (Å²) in [6.07, 6.45) is 7.39. The van der Waals surface area contributed by atoms with Gasteiger partial charge in [-0.1, -0.05) is 19.4 Å². The predicted octanol–water partition coefficient (Wildman–Crippen LogP) is 5.98. The Kier molecular flexibility index (Phi) is 6.39. The monoisotopic (exact) mass is 607 g/mol. The molecule has 7 nitrogen and oxygen atoms in total. The fraction of sp³-hybridized carbons (Fsp3) is 0.500. The van der Waals surface area contributed by atoms with Crippen molar-refractivity contribution in [2.45, 2.75) is 71.0 Å². The molecule has 0 bridgehead atoms. The molecular weight excluding hydrogens is 574 g/mol. The molecule has 0 unspecified atom stereocenters. The van der Waals surface area contributed by atoms with Crippen LogP contribution in [0.1, 0.15) is 72.6 Å². The van der Waals surface area contributed by atoms with Crippen molar-refractivity contribution in [1.29, 1.82) is 0 Å². The van der Waals surface area contributed by atoms with Gasteiger partial charge in [-0.25, -0.2) is 18.9 Å². The highest BCUT2D eigenvalue weighted by Crippen LogP contribution is 2.68. The number of aliphatic hydroxyl groups excluding tert-OH is 1. The molecule has 3 saturated carbocycles. The molecule has 1 N–H and O–H groups in total. The molecule has 2 aromatic heterocycles. The molecule has 42 heavy (non-hydrogen) atoms. The Bertz CT molecular complexity index is 1630. The number of allylic oxidation sites excluding steroid dienone is 1. The van der Waals surface area contributed by atoms with E-state index >= 15 is 0 Å². The number of hydrogen-bond donors (Lipinski definition) is 2. The number of nitrogens with zero attached hydrogens (tertiary/aromatic N) is 3. The van der Waals surface area contributed by atoms with E-state index in [0.29, 0.717) is 23.4 Å². The Balaban J connectivity index is 1.22. The molecule has 7 rings (SSSR count). The molecule has 3 aromatic rings. The van der Waals surface area contributed by atoms with Crippen LogP contribution in [-0.2, 0) is 16.0 Å². The Morgan fingerprint density at radius 2 is 1.98 bits per heavy atom. The molecule has 4 aliphatic rings. The number of thiazole rings is 1. The minimum absolute atomic E-state index is 0.0110. The average molecular weight is 608 g/mol. The van der Waals surface area contributed by atoms with Crippen LogP contribution in [-0.4, -0.2) is 42.7 Å². The van der Waals surface area contributed by atoms with E-state index in [9.17, 15) is 19.1 Å². The average Bonchev–Trinajstić information content (AvgIpc) is 3.63. The summed E-state index contributed by atoms with van der Waals surface area (Å²) in [6, 6.07) is 6.35. The lowest BCUT2D eigenvalue weighted by molar-refractivity contribution is -0.174. The summed E-state index contributed by atoms with van der Waals surface area (Å²) >= 11 is 5.51. The first-order valence-corrected chi connectivity index (χ1v) is 15.9. The lowest BCUT2D eigenvalue weighted by atomic mass is 9.45. The van der Waals surface area contributed by atoms with Crippen LogP contribution in [0.2, 0.25) is 0 Å². The number of ether oxygens (including phenoxy) is 1. The van der Waals surface area contributed by atoms with Gasteiger partial charge in [-0.05, 0) is 105 Å². The Hall–Kier alpha value is -2.82. The molecule has 0 spiro atoms. The van der Waals surface area contributed by atoms with E-state index in [4.69, 9.17) is 4.74 Å². The fourth-order valence-electron chi connectivity index (χ4n) is 9.23. The number of carbonyl (C=O) groups excluding carboxylic acids is 2. The number of carbonyl (C=O) groups is 2. The van der Waals surface area contributed by atoms with Crippen LogP contribution >= 0.6 is 24.0 Å². The second kappa shape index (κ2) is 9.59.